The molecular weight excluding hydrogens is 362 g/mol. The summed E-state index contributed by atoms with van der Waals surface area (Å²) < 4.78 is 11.5. The van der Waals surface area contributed by atoms with Crippen molar-refractivity contribution in [2.75, 3.05) is 19.7 Å². The third-order valence-corrected chi connectivity index (χ3v) is 4.52. The maximum Gasteiger partial charge on any atom is 0.324 e. The first kappa shape index (κ1) is 17.8. The summed E-state index contributed by atoms with van der Waals surface area (Å²) in [6.07, 6.45) is -0.284. The van der Waals surface area contributed by atoms with E-state index in [0.29, 0.717) is 35.8 Å². The SMILES string of the molecule is O=C(NCC1COc2ccccc2O1)c1cccc(CN2C(=O)CNC2=O)c1. The molecule has 0 aromatic heterocycles. The number of para-hydroxylation sites is 2. The Morgan fingerprint density at radius 2 is 1.96 bits per heavy atom. The summed E-state index contributed by atoms with van der Waals surface area (Å²) in [5.41, 5.74) is 1.14. The van der Waals surface area contributed by atoms with Crippen molar-refractivity contribution in [3.05, 3.63) is 59.7 Å². The van der Waals surface area contributed by atoms with E-state index < -0.39 is 6.03 Å². The number of amides is 4. The highest BCUT2D eigenvalue weighted by molar-refractivity contribution is 6.02. The number of ether oxygens (including phenoxy) is 2. The predicted octanol–water partition coefficient (Wildman–Crippen LogP) is 1.31. The summed E-state index contributed by atoms with van der Waals surface area (Å²) in [6.45, 7) is 0.779. The smallest absolute Gasteiger partial charge is 0.324 e. The largest absolute Gasteiger partial charge is 0.486 e. The Balaban J connectivity index is 1.35. The van der Waals surface area contributed by atoms with Gasteiger partial charge in [0, 0.05) is 5.56 Å². The molecule has 1 saturated heterocycles. The number of imide groups is 1. The zero-order chi connectivity index (χ0) is 19.5. The van der Waals surface area contributed by atoms with Gasteiger partial charge in [0.05, 0.1) is 19.6 Å². The van der Waals surface area contributed by atoms with Crippen molar-refractivity contribution >= 4 is 17.8 Å². The van der Waals surface area contributed by atoms with Gasteiger partial charge in [-0.1, -0.05) is 24.3 Å². The lowest BCUT2D eigenvalue weighted by Crippen LogP contribution is -2.40. The fourth-order valence-corrected chi connectivity index (χ4v) is 3.08. The van der Waals surface area contributed by atoms with Gasteiger partial charge in [0.25, 0.3) is 5.91 Å². The molecule has 0 aliphatic carbocycles. The average Bonchev–Trinajstić information content (AvgIpc) is 3.04. The highest BCUT2D eigenvalue weighted by Crippen LogP contribution is 2.30. The second kappa shape index (κ2) is 7.59. The van der Waals surface area contributed by atoms with Crippen molar-refractivity contribution in [2.45, 2.75) is 12.6 Å². The van der Waals surface area contributed by atoms with Gasteiger partial charge >= 0.3 is 6.03 Å². The standard InChI is InChI=1S/C20H19N3O5/c24-18-10-22-20(26)23(18)11-13-4-3-5-14(8-13)19(25)21-9-15-12-27-16-6-1-2-7-17(16)28-15/h1-8,15H,9-12H2,(H,21,25)(H,22,26). The first-order valence-corrected chi connectivity index (χ1v) is 8.94. The molecule has 4 amide bonds. The van der Waals surface area contributed by atoms with Crippen molar-refractivity contribution in [2.24, 2.45) is 0 Å². The molecule has 0 bridgehead atoms. The number of rotatable bonds is 5. The van der Waals surface area contributed by atoms with Crippen LogP contribution in [0.25, 0.3) is 0 Å². The summed E-state index contributed by atoms with van der Waals surface area (Å²) in [7, 11) is 0. The number of hydrogen-bond donors (Lipinski definition) is 2. The lowest BCUT2D eigenvalue weighted by atomic mass is 10.1. The van der Waals surface area contributed by atoms with Crippen LogP contribution in [0.2, 0.25) is 0 Å². The molecule has 8 heteroatoms. The van der Waals surface area contributed by atoms with E-state index in [9.17, 15) is 14.4 Å². The maximum absolute atomic E-state index is 12.5. The second-order valence-corrected chi connectivity index (χ2v) is 6.55. The van der Waals surface area contributed by atoms with Crippen LogP contribution < -0.4 is 20.1 Å². The summed E-state index contributed by atoms with van der Waals surface area (Å²) in [4.78, 5) is 37.0. The molecule has 4 rings (SSSR count). The van der Waals surface area contributed by atoms with Gasteiger partial charge < -0.3 is 20.1 Å². The fraction of sp³-hybridized carbons (Fsp3) is 0.250. The van der Waals surface area contributed by atoms with Gasteiger partial charge in [-0.05, 0) is 29.8 Å². The zero-order valence-electron chi connectivity index (χ0n) is 15.0. The van der Waals surface area contributed by atoms with Crippen LogP contribution in [0.5, 0.6) is 11.5 Å². The Kier molecular flexibility index (Phi) is 4.84. The molecule has 2 heterocycles. The average molecular weight is 381 g/mol. The second-order valence-electron chi connectivity index (χ2n) is 6.55. The van der Waals surface area contributed by atoms with E-state index in [2.05, 4.69) is 10.6 Å². The molecule has 0 saturated carbocycles. The molecule has 1 unspecified atom stereocenters. The van der Waals surface area contributed by atoms with Gasteiger partial charge in [0.1, 0.15) is 12.7 Å². The number of nitrogens with zero attached hydrogens (tertiary/aromatic N) is 1. The fourth-order valence-electron chi connectivity index (χ4n) is 3.08. The highest BCUT2D eigenvalue weighted by atomic mass is 16.6. The Bertz CT molecular complexity index is 914. The van der Waals surface area contributed by atoms with Gasteiger partial charge in [-0.25, -0.2) is 4.79 Å². The lowest BCUT2D eigenvalue weighted by Gasteiger charge is -2.26. The van der Waals surface area contributed by atoms with Crippen molar-refractivity contribution < 1.29 is 23.9 Å². The molecule has 28 heavy (non-hydrogen) atoms. The van der Waals surface area contributed by atoms with Crippen LogP contribution in [0.4, 0.5) is 4.79 Å². The molecular formula is C20H19N3O5. The number of nitrogens with one attached hydrogen (secondary N) is 2. The van der Waals surface area contributed by atoms with Gasteiger partial charge in [0.2, 0.25) is 5.91 Å². The molecule has 2 aromatic carbocycles. The molecule has 2 N–H and O–H groups in total. The minimum atomic E-state index is -0.422. The number of carbonyl (C=O) groups excluding carboxylic acids is 3. The first-order valence-electron chi connectivity index (χ1n) is 8.94. The molecule has 1 atom stereocenters. The van der Waals surface area contributed by atoms with E-state index >= 15 is 0 Å². The van der Waals surface area contributed by atoms with Crippen LogP contribution in [0.1, 0.15) is 15.9 Å². The molecule has 2 aliphatic rings. The van der Waals surface area contributed by atoms with Gasteiger partial charge in [-0.15, -0.1) is 0 Å². The predicted molar refractivity (Wildman–Crippen MR) is 99.1 cm³/mol. The third-order valence-electron chi connectivity index (χ3n) is 4.52. The minimum absolute atomic E-state index is 0.00555. The number of benzene rings is 2. The van der Waals surface area contributed by atoms with E-state index in [1.807, 2.05) is 24.3 Å². The van der Waals surface area contributed by atoms with Crippen LogP contribution in [-0.2, 0) is 11.3 Å². The molecule has 144 valence electrons. The summed E-state index contributed by atoms with van der Waals surface area (Å²) in [5.74, 6) is 0.804. The molecule has 2 aromatic rings. The topological polar surface area (TPSA) is 97.0 Å². The number of carbonyl (C=O) groups is 3. The number of fused-ring (bicyclic) bond motifs is 1. The Labute approximate surface area is 161 Å². The van der Waals surface area contributed by atoms with Crippen molar-refractivity contribution in [1.29, 1.82) is 0 Å². The monoisotopic (exact) mass is 381 g/mol. The zero-order valence-corrected chi connectivity index (χ0v) is 15.0. The Morgan fingerprint density at radius 3 is 2.75 bits per heavy atom. The van der Waals surface area contributed by atoms with Crippen LogP contribution in [0.3, 0.4) is 0 Å². The Morgan fingerprint density at radius 1 is 1.14 bits per heavy atom. The first-order chi connectivity index (χ1) is 13.6. The summed E-state index contributed by atoms with van der Waals surface area (Å²) in [6, 6.07) is 13.8. The summed E-state index contributed by atoms with van der Waals surface area (Å²) in [5, 5.41) is 5.31. The normalized spacial score (nSPS) is 18.0. The van der Waals surface area contributed by atoms with Crippen LogP contribution in [0, 0.1) is 0 Å². The summed E-state index contributed by atoms with van der Waals surface area (Å²) >= 11 is 0. The number of hydrogen-bond acceptors (Lipinski definition) is 5. The third kappa shape index (κ3) is 3.75. The number of urea groups is 1. The van der Waals surface area contributed by atoms with E-state index in [1.165, 1.54) is 0 Å². The van der Waals surface area contributed by atoms with Crippen LogP contribution in [0.15, 0.2) is 48.5 Å². The van der Waals surface area contributed by atoms with E-state index in [-0.39, 0.29) is 31.0 Å². The Hall–Kier alpha value is -3.55. The van der Waals surface area contributed by atoms with Gasteiger partial charge in [-0.3, -0.25) is 14.5 Å². The maximum atomic E-state index is 12.5. The quantitative estimate of drug-likeness (QED) is 0.761. The molecule has 0 spiro atoms. The van der Waals surface area contributed by atoms with Crippen LogP contribution >= 0.6 is 0 Å². The van der Waals surface area contributed by atoms with Crippen LogP contribution in [-0.4, -0.2) is 48.5 Å². The minimum Gasteiger partial charge on any atom is -0.486 e. The van der Waals surface area contributed by atoms with E-state index in [1.54, 1.807) is 24.3 Å². The lowest BCUT2D eigenvalue weighted by molar-refractivity contribution is -0.125. The van der Waals surface area contributed by atoms with E-state index in [0.717, 1.165) is 4.90 Å². The van der Waals surface area contributed by atoms with Gasteiger partial charge in [-0.2, -0.15) is 0 Å². The molecule has 0 radical (unpaired) electrons. The molecule has 2 aliphatic heterocycles. The van der Waals surface area contributed by atoms with Gasteiger partial charge in [0.15, 0.2) is 11.5 Å². The molecule has 8 nitrogen and oxygen atoms in total. The van der Waals surface area contributed by atoms with E-state index in [4.69, 9.17) is 9.47 Å². The van der Waals surface area contributed by atoms with Crippen molar-refractivity contribution in [3.63, 3.8) is 0 Å². The molecule has 1 fully saturated rings. The highest BCUT2D eigenvalue weighted by Gasteiger charge is 2.28. The van der Waals surface area contributed by atoms with Crippen molar-refractivity contribution in [1.82, 2.24) is 15.5 Å². The van der Waals surface area contributed by atoms with Crippen molar-refractivity contribution in [3.8, 4) is 11.5 Å².